The molecular weight excluding hydrogens is 336 g/mol. The van der Waals surface area contributed by atoms with Crippen LogP contribution in [0, 0.1) is 6.92 Å². The number of rotatable bonds is 8. The summed E-state index contributed by atoms with van der Waals surface area (Å²) < 4.78 is 10.2. The largest absolute Gasteiger partial charge is 0.482 e. The summed E-state index contributed by atoms with van der Waals surface area (Å²) in [4.78, 5) is 34.7. The molecule has 2 N–H and O–H groups in total. The molecule has 0 radical (unpaired) electrons. The molecule has 7 nitrogen and oxygen atoms in total. The highest BCUT2D eigenvalue weighted by Gasteiger charge is 2.13. The molecule has 1 aromatic rings. The Kier molecular flexibility index (Phi) is 8.61. The van der Waals surface area contributed by atoms with E-state index in [1.165, 1.54) is 5.56 Å². The highest BCUT2D eigenvalue weighted by molar-refractivity contribution is 5.95. The highest BCUT2D eigenvalue weighted by Crippen LogP contribution is 2.23. The van der Waals surface area contributed by atoms with Crippen LogP contribution >= 0.6 is 0 Å². The van der Waals surface area contributed by atoms with Crippen molar-refractivity contribution < 1.29 is 23.9 Å². The number of urea groups is 1. The lowest BCUT2D eigenvalue weighted by Crippen LogP contribution is -2.44. The van der Waals surface area contributed by atoms with Gasteiger partial charge in [0.15, 0.2) is 13.2 Å². The van der Waals surface area contributed by atoms with Crippen LogP contribution < -0.4 is 15.4 Å². The van der Waals surface area contributed by atoms with Crippen LogP contribution in [0.15, 0.2) is 18.2 Å². The van der Waals surface area contributed by atoms with E-state index in [1.807, 2.05) is 32.9 Å². The molecule has 0 saturated heterocycles. The molecule has 0 heterocycles. The number of hydrogen-bond acceptors (Lipinski definition) is 5. The minimum absolute atomic E-state index is 0.0516. The lowest BCUT2D eigenvalue weighted by Gasteiger charge is -2.13. The fourth-order valence-electron chi connectivity index (χ4n) is 2.24. The Morgan fingerprint density at radius 3 is 2.38 bits per heavy atom. The summed E-state index contributed by atoms with van der Waals surface area (Å²) in [6, 6.07) is 4.95. The molecule has 0 spiro atoms. The molecule has 0 bridgehead atoms. The van der Waals surface area contributed by atoms with Gasteiger partial charge in [-0.05, 0) is 49.4 Å². The third kappa shape index (κ3) is 7.55. The van der Waals surface area contributed by atoms with Crippen LogP contribution in [0.2, 0.25) is 0 Å². The molecule has 0 saturated carbocycles. The molecule has 1 atom stereocenters. The number of aryl methyl sites for hydroxylation is 1. The van der Waals surface area contributed by atoms with E-state index in [4.69, 9.17) is 9.47 Å². The minimum Gasteiger partial charge on any atom is -0.482 e. The van der Waals surface area contributed by atoms with Crippen molar-refractivity contribution in [3.05, 3.63) is 29.3 Å². The third-order valence-corrected chi connectivity index (χ3v) is 3.83. The van der Waals surface area contributed by atoms with Gasteiger partial charge in [-0.1, -0.05) is 26.8 Å². The van der Waals surface area contributed by atoms with E-state index in [-0.39, 0.29) is 12.6 Å². The van der Waals surface area contributed by atoms with E-state index in [0.717, 1.165) is 12.0 Å². The second-order valence-corrected chi connectivity index (χ2v) is 6.45. The van der Waals surface area contributed by atoms with Crippen LogP contribution in [0.4, 0.5) is 4.79 Å². The smallest absolute Gasteiger partial charge is 0.344 e. The Morgan fingerprint density at radius 1 is 1.12 bits per heavy atom. The molecule has 0 unspecified atom stereocenters. The zero-order chi connectivity index (χ0) is 19.7. The molecular formula is C19H28N2O5. The normalized spacial score (nSPS) is 11.6. The molecule has 7 heteroatoms. The first-order valence-electron chi connectivity index (χ1n) is 8.72. The van der Waals surface area contributed by atoms with E-state index in [1.54, 1.807) is 6.07 Å². The van der Waals surface area contributed by atoms with Crippen LogP contribution in [0.3, 0.4) is 0 Å². The molecule has 0 aliphatic carbocycles. The summed E-state index contributed by atoms with van der Waals surface area (Å²) in [7, 11) is 0. The molecule has 1 rings (SSSR count). The fraction of sp³-hybridized carbons (Fsp3) is 0.526. The topological polar surface area (TPSA) is 93.7 Å². The van der Waals surface area contributed by atoms with E-state index >= 15 is 0 Å². The minimum atomic E-state index is -0.698. The quantitative estimate of drug-likeness (QED) is 0.692. The number of imide groups is 1. The number of carbonyl (C=O) groups is 3. The van der Waals surface area contributed by atoms with Crippen LogP contribution in [0.5, 0.6) is 5.75 Å². The van der Waals surface area contributed by atoms with Crippen LogP contribution in [-0.2, 0) is 14.3 Å². The van der Waals surface area contributed by atoms with Gasteiger partial charge in [-0.2, -0.15) is 0 Å². The van der Waals surface area contributed by atoms with Crippen molar-refractivity contribution in [2.24, 2.45) is 0 Å². The Bertz CT molecular complexity index is 643. The van der Waals surface area contributed by atoms with Gasteiger partial charge in [0.2, 0.25) is 0 Å². The maximum atomic E-state index is 11.7. The monoisotopic (exact) mass is 364 g/mol. The second-order valence-electron chi connectivity index (χ2n) is 6.45. The van der Waals surface area contributed by atoms with Gasteiger partial charge >= 0.3 is 12.0 Å². The van der Waals surface area contributed by atoms with Crippen molar-refractivity contribution in [2.45, 2.75) is 53.0 Å². The lowest BCUT2D eigenvalue weighted by molar-refractivity contribution is -0.150. The summed E-state index contributed by atoms with van der Waals surface area (Å²) in [5.41, 5.74) is 2.30. The number of nitrogens with one attached hydrogen (secondary N) is 2. The first-order valence-corrected chi connectivity index (χ1v) is 8.72. The van der Waals surface area contributed by atoms with Gasteiger partial charge in [-0.3, -0.25) is 10.1 Å². The lowest BCUT2D eigenvalue weighted by atomic mass is 9.98. The van der Waals surface area contributed by atoms with Crippen LogP contribution in [0.25, 0.3) is 0 Å². The van der Waals surface area contributed by atoms with E-state index in [0.29, 0.717) is 11.7 Å². The fourth-order valence-corrected chi connectivity index (χ4v) is 2.24. The maximum absolute atomic E-state index is 11.7. The Hall–Kier alpha value is -2.57. The standard InChI is InChI=1S/C19H28N2O5/c1-6-14(5)20-19(24)21-17(22)10-26-18(23)11-25-15-7-8-16(12(2)3)13(4)9-15/h7-9,12,14H,6,10-11H2,1-5H3,(H2,20,21,22,24)/t14-/m1/s1. The summed E-state index contributed by atoms with van der Waals surface area (Å²) in [6.07, 6.45) is 0.742. The molecule has 0 fully saturated rings. The van der Waals surface area contributed by atoms with Crippen molar-refractivity contribution in [3.63, 3.8) is 0 Å². The Balaban J connectivity index is 2.35. The summed E-state index contributed by atoms with van der Waals surface area (Å²) in [5.74, 6) is -0.421. The van der Waals surface area contributed by atoms with E-state index in [2.05, 4.69) is 24.5 Å². The maximum Gasteiger partial charge on any atom is 0.344 e. The predicted octanol–water partition coefficient (Wildman–Crippen LogP) is 2.66. The van der Waals surface area contributed by atoms with Crippen molar-refractivity contribution in [1.82, 2.24) is 10.6 Å². The van der Waals surface area contributed by atoms with E-state index in [9.17, 15) is 14.4 Å². The van der Waals surface area contributed by atoms with Gasteiger partial charge in [0, 0.05) is 6.04 Å². The van der Waals surface area contributed by atoms with Crippen molar-refractivity contribution in [1.29, 1.82) is 0 Å². The van der Waals surface area contributed by atoms with Gasteiger partial charge in [-0.25, -0.2) is 9.59 Å². The number of esters is 1. The molecule has 0 aliphatic rings. The summed E-state index contributed by atoms with van der Waals surface area (Å²) >= 11 is 0. The summed E-state index contributed by atoms with van der Waals surface area (Å²) in [6.45, 7) is 9.07. The number of amides is 3. The van der Waals surface area contributed by atoms with Crippen molar-refractivity contribution >= 4 is 17.9 Å². The number of hydrogen-bond donors (Lipinski definition) is 2. The number of benzene rings is 1. The van der Waals surface area contributed by atoms with Crippen LogP contribution in [-0.4, -0.2) is 37.2 Å². The first kappa shape index (κ1) is 21.5. The van der Waals surface area contributed by atoms with Crippen LogP contribution in [0.1, 0.15) is 51.2 Å². The Morgan fingerprint density at radius 2 is 1.81 bits per heavy atom. The average molecular weight is 364 g/mol. The van der Waals surface area contributed by atoms with Gasteiger partial charge in [0.25, 0.3) is 5.91 Å². The second kappa shape index (κ2) is 10.4. The molecule has 0 aliphatic heterocycles. The first-order chi connectivity index (χ1) is 12.2. The van der Waals surface area contributed by atoms with Crippen molar-refractivity contribution in [2.75, 3.05) is 13.2 Å². The SMILES string of the molecule is CC[C@@H](C)NC(=O)NC(=O)COC(=O)COc1ccc(C(C)C)c(C)c1. The third-order valence-electron chi connectivity index (χ3n) is 3.83. The summed E-state index contributed by atoms with van der Waals surface area (Å²) in [5, 5.41) is 4.67. The molecule has 26 heavy (non-hydrogen) atoms. The number of ether oxygens (including phenoxy) is 2. The molecule has 1 aromatic carbocycles. The van der Waals surface area contributed by atoms with E-state index < -0.39 is 24.5 Å². The number of carbonyl (C=O) groups excluding carboxylic acids is 3. The Labute approximate surface area is 154 Å². The molecule has 0 aromatic heterocycles. The van der Waals surface area contributed by atoms with Gasteiger partial charge in [0.1, 0.15) is 5.75 Å². The van der Waals surface area contributed by atoms with Gasteiger partial charge in [0.05, 0.1) is 0 Å². The van der Waals surface area contributed by atoms with Gasteiger partial charge < -0.3 is 14.8 Å². The van der Waals surface area contributed by atoms with Crippen molar-refractivity contribution in [3.8, 4) is 5.75 Å². The molecule has 3 amide bonds. The highest BCUT2D eigenvalue weighted by atomic mass is 16.6. The zero-order valence-electron chi connectivity index (χ0n) is 16.0. The zero-order valence-corrected chi connectivity index (χ0v) is 16.0. The van der Waals surface area contributed by atoms with Gasteiger partial charge in [-0.15, -0.1) is 0 Å². The molecule has 144 valence electrons. The predicted molar refractivity (Wildman–Crippen MR) is 98.1 cm³/mol. The average Bonchev–Trinajstić information content (AvgIpc) is 2.57.